The lowest BCUT2D eigenvalue weighted by Crippen LogP contribution is -2.32. The van der Waals surface area contributed by atoms with E-state index in [1.165, 1.54) is 34.0 Å². The second-order valence-electron chi connectivity index (χ2n) is 9.33. The van der Waals surface area contributed by atoms with Crippen molar-refractivity contribution >= 4 is 29.7 Å². The maximum absolute atomic E-state index is 12.5. The van der Waals surface area contributed by atoms with E-state index in [1.807, 2.05) is 24.3 Å². The lowest BCUT2D eigenvalue weighted by atomic mass is 9.93. The van der Waals surface area contributed by atoms with Gasteiger partial charge in [-0.05, 0) is 35.1 Å². The zero-order valence-electron chi connectivity index (χ0n) is 18.9. The maximum atomic E-state index is 12.5. The van der Waals surface area contributed by atoms with Crippen molar-refractivity contribution in [2.75, 3.05) is 37.7 Å². The Morgan fingerprint density at radius 3 is 2.29 bits per heavy atom. The molecule has 0 aromatic heterocycles. The monoisotopic (exact) mass is 480 g/mol. The van der Waals surface area contributed by atoms with E-state index in [4.69, 9.17) is 4.74 Å². The van der Waals surface area contributed by atoms with Gasteiger partial charge in [0.15, 0.2) is 0 Å². The number of nitrogens with one attached hydrogen (secondary N) is 1. The number of nitrogens with zero attached hydrogens (tertiary/aromatic N) is 1. The molecule has 2 aliphatic carbocycles. The molecular formula is C26H28N2O5S. The van der Waals surface area contributed by atoms with Crippen LogP contribution in [-0.2, 0) is 14.3 Å². The third-order valence-corrected chi connectivity index (χ3v) is 8.22. The smallest absolute Gasteiger partial charge is 0.407 e. The SMILES string of the molecule is O=C(NCCSCC(=O)N1CC(C(=O)O)C2(CC2)C1)OCC1c2ccccc2-c2ccccc21. The highest BCUT2D eigenvalue weighted by Gasteiger charge is 2.58. The number of ether oxygens (including phenoxy) is 1. The molecule has 1 spiro atoms. The molecule has 2 aromatic carbocycles. The topological polar surface area (TPSA) is 95.9 Å². The summed E-state index contributed by atoms with van der Waals surface area (Å²) in [5, 5.41) is 12.2. The number of benzene rings is 2. The number of likely N-dealkylation sites (tertiary alicyclic amines) is 1. The lowest BCUT2D eigenvalue weighted by Gasteiger charge is -2.16. The van der Waals surface area contributed by atoms with Gasteiger partial charge in [0, 0.05) is 36.7 Å². The van der Waals surface area contributed by atoms with Gasteiger partial charge in [0.1, 0.15) is 6.61 Å². The summed E-state index contributed by atoms with van der Waals surface area (Å²) in [4.78, 5) is 37.9. The van der Waals surface area contributed by atoms with Gasteiger partial charge in [0.2, 0.25) is 5.91 Å². The largest absolute Gasteiger partial charge is 0.481 e. The molecule has 5 rings (SSSR count). The van der Waals surface area contributed by atoms with Gasteiger partial charge < -0.3 is 20.1 Å². The normalized spacial score (nSPS) is 19.5. The minimum atomic E-state index is -0.798. The first-order chi connectivity index (χ1) is 16.5. The molecule has 7 nitrogen and oxygen atoms in total. The number of hydrogen-bond donors (Lipinski definition) is 2. The molecule has 8 heteroatoms. The van der Waals surface area contributed by atoms with Crippen LogP contribution in [0.2, 0.25) is 0 Å². The molecule has 34 heavy (non-hydrogen) atoms. The third-order valence-electron chi connectivity index (χ3n) is 7.28. The van der Waals surface area contributed by atoms with Crippen molar-refractivity contribution in [3.8, 4) is 11.1 Å². The van der Waals surface area contributed by atoms with Crippen LogP contribution in [0.5, 0.6) is 0 Å². The van der Waals surface area contributed by atoms with Crippen molar-refractivity contribution < 1.29 is 24.2 Å². The Kier molecular flexibility index (Phi) is 6.25. The van der Waals surface area contributed by atoms with Crippen molar-refractivity contribution in [2.45, 2.75) is 18.8 Å². The van der Waals surface area contributed by atoms with Crippen molar-refractivity contribution in [2.24, 2.45) is 11.3 Å². The number of hydrogen-bond acceptors (Lipinski definition) is 5. The highest BCUT2D eigenvalue weighted by molar-refractivity contribution is 7.99. The van der Waals surface area contributed by atoms with Crippen molar-refractivity contribution in [3.05, 3.63) is 59.7 Å². The number of aliphatic carboxylic acids is 1. The fourth-order valence-electron chi connectivity index (χ4n) is 5.29. The first-order valence-electron chi connectivity index (χ1n) is 11.7. The molecule has 3 aliphatic rings. The van der Waals surface area contributed by atoms with Gasteiger partial charge in [-0.1, -0.05) is 48.5 Å². The highest BCUT2D eigenvalue weighted by Crippen LogP contribution is 2.56. The predicted molar refractivity (Wildman–Crippen MR) is 130 cm³/mol. The molecule has 1 saturated carbocycles. The number of amides is 2. The van der Waals surface area contributed by atoms with Crippen molar-refractivity contribution in [3.63, 3.8) is 0 Å². The molecule has 0 bridgehead atoms. The average molecular weight is 481 g/mol. The molecule has 2 aromatic rings. The van der Waals surface area contributed by atoms with Gasteiger partial charge in [-0.25, -0.2) is 4.79 Å². The summed E-state index contributed by atoms with van der Waals surface area (Å²) in [5.74, 6) is -0.368. The van der Waals surface area contributed by atoms with Gasteiger partial charge >= 0.3 is 12.1 Å². The first-order valence-corrected chi connectivity index (χ1v) is 12.8. The minimum Gasteiger partial charge on any atom is -0.481 e. The lowest BCUT2D eigenvalue weighted by molar-refractivity contribution is -0.143. The predicted octanol–water partition coefficient (Wildman–Crippen LogP) is 3.58. The average Bonchev–Trinajstić information content (AvgIpc) is 3.39. The standard InChI is InChI=1S/C26H28N2O5S/c29-23(28-13-22(24(30)31)26(16-28)9-10-26)15-34-12-11-27-25(32)33-14-21-19-7-3-1-5-17(19)18-6-2-4-8-20(18)21/h1-8,21-22H,9-16H2,(H,27,32)(H,30,31). The number of rotatable bonds is 8. The van der Waals surface area contributed by atoms with E-state index in [1.54, 1.807) is 4.90 Å². The van der Waals surface area contributed by atoms with Crippen molar-refractivity contribution in [1.29, 1.82) is 0 Å². The molecule has 1 heterocycles. The molecule has 1 saturated heterocycles. The Morgan fingerprint density at radius 2 is 1.71 bits per heavy atom. The van der Waals surface area contributed by atoms with E-state index in [2.05, 4.69) is 29.6 Å². The van der Waals surface area contributed by atoms with Gasteiger partial charge in [0.05, 0.1) is 11.7 Å². The summed E-state index contributed by atoms with van der Waals surface area (Å²) in [5.41, 5.74) is 4.54. The summed E-state index contributed by atoms with van der Waals surface area (Å²) in [6, 6.07) is 16.4. The Morgan fingerprint density at radius 1 is 1.06 bits per heavy atom. The number of alkyl carbamates (subject to hydrolysis) is 1. The van der Waals surface area contributed by atoms with Crippen LogP contribution in [0.25, 0.3) is 11.1 Å². The third kappa shape index (κ3) is 4.39. The van der Waals surface area contributed by atoms with E-state index in [0.29, 0.717) is 25.4 Å². The van der Waals surface area contributed by atoms with Gasteiger partial charge in [-0.15, -0.1) is 0 Å². The van der Waals surface area contributed by atoms with E-state index in [9.17, 15) is 19.5 Å². The molecule has 2 N–H and O–H groups in total. The van der Waals surface area contributed by atoms with Crippen LogP contribution in [0, 0.1) is 11.3 Å². The number of carbonyl (C=O) groups excluding carboxylic acids is 2. The van der Waals surface area contributed by atoms with Gasteiger partial charge in [0.25, 0.3) is 0 Å². The minimum absolute atomic E-state index is 0.0231. The summed E-state index contributed by atoms with van der Waals surface area (Å²) in [7, 11) is 0. The van der Waals surface area contributed by atoms with E-state index in [-0.39, 0.29) is 29.6 Å². The molecule has 1 unspecified atom stereocenters. The quantitative estimate of drug-likeness (QED) is 0.561. The summed E-state index contributed by atoms with van der Waals surface area (Å²) in [6.45, 7) is 1.54. The molecular weight excluding hydrogens is 452 g/mol. The zero-order chi connectivity index (χ0) is 23.7. The number of fused-ring (bicyclic) bond motifs is 3. The number of carbonyl (C=O) groups is 3. The first kappa shape index (κ1) is 22.8. The fraction of sp³-hybridized carbons (Fsp3) is 0.423. The fourth-order valence-corrected chi connectivity index (χ4v) is 6.04. The Bertz CT molecular complexity index is 1070. The van der Waals surface area contributed by atoms with Crippen LogP contribution < -0.4 is 5.32 Å². The highest BCUT2D eigenvalue weighted by atomic mass is 32.2. The van der Waals surface area contributed by atoms with E-state index in [0.717, 1.165) is 12.8 Å². The Hall–Kier alpha value is -3.00. The number of thioether (sulfide) groups is 1. The molecule has 2 amide bonds. The van der Waals surface area contributed by atoms with Crippen LogP contribution in [0.3, 0.4) is 0 Å². The Labute approximate surface area is 202 Å². The summed E-state index contributed by atoms with van der Waals surface area (Å²) >= 11 is 1.44. The zero-order valence-corrected chi connectivity index (χ0v) is 19.7. The number of carboxylic acids is 1. The van der Waals surface area contributed by atoms with E-state index >= 15 is 0 Å². The van der Waals surface area contributed by atoms with Crippen LogP contribution in [0.15, 0.2) is 48.5 Å². The number of carboxylic acid groups (broad SMARTS) is 1. The summed E-state index contributed by atoms with van der Waals surface area (Å²) in [6.07, 6.45) is 1.32. The molecule has 0 radical (unpaired) electrons. The van der Waals surface area contributed by atoms with Crippen molar-refractivity contribution in [1.82, 2.24) is 10.2 Å². The van der Waals surface area contributed by atoms with Gasteiger partial charge in [-0.3, -0.25) is 9.59 Å². The summed E-state index contributed by atoms with van der Waals surface area (Å²) < 4.78 is 5.52. The second kappa shape index (κ2) is 9.33. The van der Waals surface area contributed by atoms with E-state index < -0.39 is 18.0 Å². The molecule has 178 valence electrons. The van der Waals surface area contributed by atoms with Crippen LogP contribution in [0.1, 0.15) is 29.9 Å². The molecule has 1 atom stereocenters. The second-order valence-corrected chi connectivity index (χ2v) is 10.4. The molecule has 2 fully saturated rings. The van der Waals surface area contributed by atoms with Crippen LogP contribution in [0.4, 0.5) is 4.79 Å². The van der Waals surface area contributed by atoms with Gasteiger partial charge in [-0.2, -0.15) is 11.8 Å². The van der Waals surface area contributed by atoms with Crippen LogP contribution in [-0.4, -0.2) is 65.7 Å². The Balaban J connectivity index is 1.03. The van der Waals surface area contributed by atoms with Crippen LogP contribution >= 0.6 is 11.8 Å². The molecule has 1 aliphatic heterocycles. The maximum Gasteiger partial charge on any atom is 0.407 e.